The van der Waals surface area contributed by atoms with Gasteiger partial charge in [-0.25, -0.2) is 0 Å². The van der Waals surface area contributed by atoms with E-state index >= 15 is 0 Å². The van der Waals surface area contributed by atoms with Gasteiger partial charge in [0.2, 0.25) is 11.8 Å². The molecule has 0 bridgehead atoms. The van der Waals surface area contributed by atoms with Crippen molar-refractivity contribution in [2.45, 2.75) is 19.4 Å². The van der Waals surface area contributed by atoms with Crippen molar-refractivity contribution in [3.05, 3.63) is 0 Å². The summed E-state index contributed by atoms with van der Waals surface area (Å²) in [4.78, 5) is 24.2. The van der Waals surface area contributed by atoms with Gasteiger partial charge in [0.25, 0.3) is 0 Å². The molecular formula is C8H14N2O2S. The highest BCUT2D eigenvalue weighted by Crippen LogP contribution is 2.21. The van der Waals surface area contributed by atoms with Gasteiger partial charge in [0.05, 0.1) is 17.0 Å². The molecule has 4 nitrogen and oxygen atoms in total. The van der Waals surface area contributed by atoms with E-state index in [1.54, 1.807) is 13.8 Å². The fourth-order valence-corrected chi connectivity index (χ4v) is 1.97. The number of imide groups is 1. The number of amides is 2. The maximum absolute atomic E-state index is 11.4. The lowest BCUT2D eigenvalue weighted by molar-refractivity contribution is -0.148. The number of carbonyl (C=O) groups excluding carboxylic acids is 2. The van der Waals surface area contributed by atoms with Crippen molar-refractivity contribution in [1.29, 1.82) is 0 Å². The lowest BCUT2D eigenvalue weighted by Crippen LogP contribution is -2.58. The van der Waals surface area contributed by atoms with Crippen LogP contribution in [-0.2, 0) is 9.59 Å². The van der Waals surface area contributed by atoms with Crippen molar-refractivity contribution in [3.63, 3.8) is 0 Å². The smallest absolute Gasteiger partial charge is 0.239 e. The minimum Gasteiger partial charge on any atom is -0.328 e. The summed E-state index contributed by atoms with van der Waals surface area (Å²) in [5, 5.41) is 0. The lowest BCUT2D eigenvalue weighted by atomic mass is 10.0. The highest BCUT2D eigenvalue weighted by atomic mass is 32.2. The standard InChI is InChI=1S/C8H14N2O2S/c1-8(2,5-9)10-6(11)3-13-4-7(10)12/h3-5,9H2,1-2H3. The molecule has 1 heterocycles. The van der Waals surface area contributed by atoms with Crippen molar-refractivity contribution in [2.24, 2.45) is 5.73 Å². The van der Waals surface area contributed by atoms with E-state index in [2.05, 4.69) is 0 Å². The Kier molecular flexibility index (Phi) is 2.98. The first-order valence-electron chi connectivity index (χ1n) is 4.13. The molecule has 2 N–H and O–H groups in total. The van der Waals surface area contributed by atoms with Gasteiger partial charge in [0, 0.05) is 6.54 Å². The number of rotatable bonds is 2. The van der Waals surface area contributed by atoms with Crippen molar-refractivity contribution in [2.75, 3.05) is 18.1 Å². The molecule has 0 aromatic rings. The van der Waals surface area contributed by atoms with Gasteiger partial charge in [0.15, 0.2) is 0 Å². The Morgan fingerprint density at radius 1 is 1.38 bits per heavy atom. The molecule has 0 aromatic carbocycles. The average Bonchev–Trinajstić information content (AvgIpc) is 2.03. The van der Waals surface area contributed by atoms with Gasteiger partial charge >= 0.3 is 0 Å². The summed E-state index contributed by atoms with van der Waals surface area (Å²) in [6.45, 7) is 3.91. The predicted octanol–water partition coefficient (Wildman–Crippen LogP) is -0.174. The number of nitrogens with two attached hydrogens (primary N) is 1. The van der Waals surface area contributed by atoms with Crippen LogP contribution in [0.5, 0.6) is 0 Å². The van der Waals surface area contributed by atoms with E-state index in [0.29, 0.717) is 18.1 Å². The van der Waals surface area contributed by atoms with Crippen molar-refractivity contribution >= 4 is 23.6 Å². The molecule has 2 amide bonds. The van der Waals surface area contributed by atoms with Gasteiger partial charge in [0.1, 0.15) is 0 Å². The van der Waals surface area contributed by atoms with E-state index in [4.69, 9.17) is 5.73 Å². The number of nitrogens with zero attached hydrogens (tertiary/aromatic N) is 1. The second-order valence-corrected chi connectivity index (χ2v) is 4.62. The molecule has 1 fully saturated rings. The van der Waals surface area contributed by atoms with Gasteiger partial charge in [-0.15, -0.1) is 11.8 Å². The second-order valence-electron chi connectivity index (χ2n) is 3.63. The molecule has 1 aliphatic rings. The first-order valence-corrected chi connectivity index (χ1v) is 5.28. The monoisotopic (exact) mass is 202 g/mol. The highest BCUT2D eigenvalue weighted by molar-refractivity contribution is 8.00. The topological polar surface area (TPSA) is 63.4 Å². The van der Waals surface area contributed by atoms with E-state index in [1.807, 2.05) is 0 Å². The largest absolute Gasteiger partial charge is 0.328 e. The van der Waals surface area contributed by atoms with Crippen LogP contribution in [0.15, 0.2) is 0 Å². The third-order valence-corrected chi connectivity index (χ3v) is 2.96. The molecule has 0 atom stereocenters. The first kappa shape index (κ1) is 10.5. The van der Waals surface area contributed by atoms with E-state index in [9.17, 15) is 9.59 Å². The summed E-state index contributed by atoms with van der Waals surface area (Å²) >= 11 is 1.36. The van der Waals surface area contributed by atoms with E-state index < -0.39 is 5.54 Å². The number of thioether (sulfide) groups is 1. The van der Waals surface area contributed by atoms with Gasteiger partial charge in [-0.2, -0.15) is 0 Å². The Morgan fingerprint density at radius 3 is 2.23 bits per heavy atom. The fraction of sp³-hybridized carbons (Fsp3) is 0.750. The number of hydrogen-bond acceptors (Lipinski definition) is 4. The Bertz CT molecular complexity index is 224. The van der Waals surface area contributed by atoms with Crippen molar-refractivity contribution in [3.8, 4) is 0 Å². The molecule has 0 spiro atoms. The van der Waals surface area contributed by atoms with E-state index in [-0.39, 0.29) is 11.8 Å². The fourth-order valence-electron chi connectivity index (χ4n) is 1.26. The second kappa shape index (κ2) is 3.67. The molecule has 0 unspecified atom stereocenters. The number of hydrogen-bond donors (Lipinski definition) is 1. The quantitative estimate of drug-likeness (QED) is 0.631. The van der Waals surface area contributed by atoms with Crippen molar-refractivity contribution < 1.29 is 9.59 Å². The maximum Gasteiger partial charge on any atom is 0.239 e. The summed E-state index contributed by atoms with van der Waals surface area (Å²) in [6, 6.07) is 0. The van der Waals surface area contributed by atoms with Gasteiger partial charge < -0.3 is 5.73 Å². The summed E-state index contributed by atoms with van der Waals surface area (Å²) in [5.74, 6) is 0.512. The van der Waals surface area contributed by atoms with Gasteiger partial charge in [-0.1, -0.05) is 0 Å². The molecule has 0 radical (unpaired) electrons. The lowest BCUT2D eigenvalue weighted by Gasteiger charge is -2.38. The Balaban J connectivity index is 2.86. The van der Waals surface area contributed by atoms with Crippen LogP contribution in [0.4, 0.5) is 0 Å². The summed E-state index contributed by atoms with van der Waals surface area (Å²) in [7, 11) is 0. The first-order chi connectivity index (χ1) is 5.99. The molecule has 1 aliphatic heterocycles. The molecule has 5 heteroatoms. The Hall–Kier alpha value is -0.550. The average molecular weight is 202 g/mol. The third-order valence-electron chi connectivity index (χ3n) is 2.05. The van der Waals surface area contributed by atoms with Crippen molar-refractivity contribution in [1.82, 2.24) is 4.90 Å². The molecule has 1 saturated heterocycles. The minimum absolute atomic E-state index is 0.128. The molecule has 13 heavy (non-hydrogen) atoms. The Labute approximate surface area is 81.8 Å². The zero-order chi connectivity index (χ0) is 10.1. The Morgan fingerprint density at radius 2 is 1.85 bits per heavy atom. The minimum atomic E-state index is -0.546. The van der Waals surface area contributed by atoms with Crippen LogP contribution in [0.2, 0.25) is 0 Å². The normalized spacial score (nSPS) is 19.5. The summed E-state index contributed by atoms with van der Waals surface area (Å²) in [5.41, 5.74) is 4.96. The van der Waals surface area contributed by atoms with E-state index in [0.717, 1.165) is 0 Å². The molecule has 0 saturated carbocycles. The molecule has 74 valence electrons. The van der Waals surface area contributed by atoms with Gasteiger partial charge in [-0.3, -0.25) is 14.5 Å². The maximum atomic E-state index is 11.4. The molecule has 1 rings (SSSR count). The van der Waals surface area contributed by atoms with Crippen LogP contribution >= 0.6 is 11.8 Å². The summed E-state index contributed by atoms with van der Waals surface area (Å²) in [6.07, 6.45) is 0. The molecule has 0 aliphatic carbocycles. The predicted molar refractivity (Wildman–Crippen MR) is 52.3 cm³/mol. The zero-order valence-corrected chi connectivity index (χ0v) is 8.69. The van der Waals surface area contributed by atoms with Crippen LogP contribution in [0.3, 0.4) is 0 Å². The van der Waals surface area contributed by atoms with E-state index in [1.165, 1.54) is 16.7 Å². The highest BCUT2D eigenvalue weighted by Gasteiger charge is 2.37. The van der Waals surface area contributed by atoms with Crippen LogP contribution in [0.1, 0.15) is 13.8 Å². The van der Waals surface area contributed by atoms with Crippen LogP contribution in [-0.4, -0.2) is 40.3 Å². The number of carbonyl (C=O) groups is 2. The third kappa shape index (κ3) is 2.03. The van der Waals surface area contributed by atoms with Crippen LogP contribution in [0.25, 0.3) is 0 Å². The zero-order valence-electron chi connectivity index (χ0n) is 7.87. The molecule has 0 aromatic heterocycles. The molecular weight excluding hydrogens is 188 g/mol. The van der Waals surface area contributed by atoms with Crippen LogP contribution in [0, 0.1) is 0 Å². The van der Waals surface area contributed by atoms with Gasteiger partial charge in [-0.05, 0) is 13.8 Å². The SMILES string of the molecule is CC(C)(CN)N1C(=O)CSCC1=O. The summed E-state index contributed by atoms with van der Waals surface area (Å²) < 4.78 is 0. The van der Waals surface area contributed by atoms with Crippen LogP contribution < -0.4 is 5.73 Å².